The average molecular weight is 112 g/mol. The van der Waals surface area contributed by atoms with Crippen LogP contribution in [0.25, 0.3) is 0 Å². The Balaban J connectivity index is 2.14. The minimum atomic E-state index is 0.347. The summed E-state index contributed by atoms with van der Waals surface area (Å²) in [7, 11) is 0. The zero-order valence-corrected chi connectivity index (χ0v) is 5.15. The van der Waals surface area contributed by atoms with Crippen LogP contribution in [0.15, 0.2) is 0 Å². The summed E-state index contributed by atoms with van der Waals surface area (Å²) in [5.41, 5.74) is 5.18. The van der Waals surface area contributed by atoms with E-state index in [9.17, 15) is 0 Å². The molecule has 2 nitrogen and oxygen atoms in total. The maximum atomic E-state index is 6.93. The van der Waals surface area contributed by atoms with E-state index in [1.54, 1.807) is 0 Å². The highest BCUT2D eigenvalue weighted by molar-refractivity contribution is 5.77. The Hall–Kier alpha value is -0.530. The molecular weight excluding hydrogens is 100 g/mol. The molecule has 1 saturated carbocycles. The van der Waals surface area contributed by atoms with Crippen LogP contribution in [0.2, 0.25) is 0 Å². The van der Waals surface area contributed by atoms with Gasteiger partial charge in [-0.25, -0.2) is 0 Å². The number of amidine groups is 1. The molecule has 0 aromatic rings. The molecule has 1 aliphatic carbocycles. The molecule has 0 amide bonds. The Kier molecular flexibility index (Phi) is 1.24. The first kappa shape index (κ1) is 5.60. The number of nitrogens with one attached hydrogen (secondary N) is 1. The second kappa shape index (κ2) is 1.77. The van der Waals surface area contributed by atoms with Crippen molar-refractivity contribution < 1.29 is 0 Å². The van der Waals surface area contributed by atoms with Gasteiger partial charge in [0.15, 0.2) is 0 Å². The fraction of sp³-hybridized carbons (Fsp3) is 0.833. The molecular formula is C6H12N2. The summed E-state index contributed by atoms with van der Waals surface area (Å²) in [4.78, 5) is 0. The topological polar surface area (TPSA) is 49.9 Å². The predicted octanol–water partition coefficient (Wildman–Crippen LogP) is 0.968. The van der Waals surface area contributed by atoms with Crippen LogP contribution in [-0.4, -0.2) is 5.84 Å². The van der Waals surface area contributed by atoms with Gasteiger partial charge in [0.25, 0.3) is 0 Å². The molecule has 0 aliphatic heterocycles. The van der Waals surface area contributed by atoms with Gasteiger partial charge >= 0.3 is 0 Å². The Bertz CT molecular complexity index is 109. The molecule has 0 spiro atoms. The molecule has 0 aromatic heterocycles. The molecule has 0 saturated heterocycles. The molecule has 46 valence electrons. The van der Waals surface area contributed by atoms with E-state index in [1.165, 1.54) is 6.42 Å². The Morgan fingerprint density at radius 1 is 1.88 bits per heavy atom. The van der Waals surface area contributed by atoms with Gasteiger partial charge in [-0.15, -0.1) is 0 Å². The summed E-state index contributed by atoms with van der Waals surface area (Å²) >= 11 is 0. The summed E-state index contributed by atoms with van der Waals surface area (Å²) in [6.45, 7) is 2.20. The minimum absolute atomic E-state index is 0.347. The lowest BCUT2D eigenvalue weighted by atomic mass is 10.2. The zero-order chi connectivity index (χ0) is 6.15. The lowest BCUT2D eigenvalue weighted by Crippen LogP contribution is -2.09. The smallest absolute Gasteiger partial charge is 0.0908 e. The lowest BCUT2D eigenvalue weighted by Gasteiger charge is -1.90. The van der Waals surface area contributed by atoms with Crippen molar-refractivity contribution >= 4 is 5.84 Å². The maximum Gasteiger partial charge on any atom is 0.0908 e. The first-order valence-corrected chi connectivity index (χ1v) is 3.03. The largest absolute Gasteiger partial charge is 0.388 e. The molecule has 2 heteroatoms. The van der Waals surface area contributed by atoms with Crippen molar-refractivity contribution in [3.8, 4) is 0 Å². The highest BCUT2D eigenvalue weighted by Crippen LogP contribution is 2.39. The molecule has 3 N–H and O–H groups in total. The number of nitrogens with two attached hydrogens (primary N) is 1. The van der Waals surface area contributed by atoms with Crippen molar-refractivity contribution in [3.63, 3.8) is 0 Å². The van der Waals surface area contributed by atoms with Crippen LogP contribution in [0.3, 0.4) is 0 Å². The second-order valence-corrected chi connectivity index (χ2v) is 2.70. The summed E-state index contributed by atoms with van der Waals surface area (Å²) in [5, 5.41) is 6.93. The highest BCUT2D eigenvalue weighted by atomic mass is 14.7. The van der Waals surface area contributed by atoms with Crippen LogP contribution in [0.4, 0.5) is 0 Å². The van der Waals surface area contributed by atoms with Crippen LogP contribution in [0, 0.1) is 17.2 Å². The van der Waals surface area contributed by atoms with Crippen molar-refractivity contribution in [2.75, 3.05) is 0 Å². The monoisotopic (exact) mass is 112 g/mol. The third-order valence-corrected chi connectivity index (χ3v) is 1.76. The van der Waals surface area contributed by atoms with Crippen LogP contribution in [0.1, 0.15) is 19.8 Å². The number of hydrogen-bond donors (Lipinski definition) is 2. The van der Waals surface area contributed by atoms with Gasteiger partial charge in [-0.1, -0.05) is 6.92 Å². The summed E-state index contributed by atoms with van der Waals surface area (Å²) in [5.74, 6) is 1.92. The molecule has 1 aliphatic rings. The molecule has 0 heterocycles. The van der Waals surface area contributed by atoms with Gasteiger partial charge in [0.2, 0.25) is 0 Å². The first-order valence-electron chi connectivity index (χ1n) is 3.03. The molecule has 1 rings (SSSR count). The Labute approximate surface area is 49.6 Å². The van der Waals surface area contributed by atoms with E-state index in [4.69, 9.17) is 11.1 Å². The van der Waals surface area contributed by atoms with Crippen LogP contribution in [-0.2, 0) is 0 Å². The van der Waals surface area contributed by atoms with Gasteiger partial charge in [0.1, 0.15) is 0 Å². The van der Waals surface area contributed by atoms with Crippen molar-refractivity contribution in [2.45, 2.75) is 19.8 Å². The average Bonchev–Trinajstić information content (AvgIpc) is 2.17. The molecule has 0 bridgehead atoms. The van der Waals surface area contributed by atoms with E-state index in [0.717, 1.165) is 18.3 Å². The zero-order valence-electron chi connectivity index (χ0n) is 5.15. The molecule has 8 heavy (non-hydrogen) atoms. The van der Waals surface area contributed by atoms with Crippen molar-refractivity contribution in [1.82, 2.24) is 0 Å². The third kappa shape index (κ3) is 1.22. The minimum Gasteiger partial charge on any atom is -0.388 e. The fourth-order valence-corrected chi connectivity index (χ4v) is 0.966. The maximum absolute atomic E-state index is 6.93. The van der Waals surface area contributed by atoms with Crippen LogP contribution < -0.4 is 5.73 Å². The van der Waals surface area contributed by atoms with Gasteiger partial charge in [0.05, 0.1) is 5.84 Å². The molecule has 0 aromatic carbocycles. The van der Waals surface area contributed by atoms with Gasteiger partial charge in [-0.3, -0.25) is 5.41 Å². The number of hydrogen-bond acceptors (Lipinski definition) is 1. The Morgan fingerprint density at radius 2 is 2.38 bits per heavy atom. The van der Waals surface area contributed by atoms with Gasteiger partial charge < -0.3 is 5.73 Å². The molecule has 2 unspecified atom stereocenters. The predicted molar refractivity (Wildman–Crippen MR) is 33.8 cm³/mol. The summed E-state index contributed by atoms with van der Waals surface area (Å²) in [6, 6.07) is 0. The second-order valence-electron chi connectivity index (χ2n) is 2.70. The van der Waals surface area contributed by atoms with Crippen molar-refractivity contribution in [2.24, 2.45) is 17.6 Å². The van der Waals surface area contributed by atoms with E-state index in [1.807, 2.05) is 0 Å². The SMILES string of the molecule is CC1CC1CC(=N)N. The van der Waals surface area contributed by atoms with Crippen molar-refractivity contribution in [1.29, 1.82) is 5.41 Å². The van der Waals surface area contributed by atoms with E-state index in [0.29, 0.717) is 5.84 Å². The highest BCUT2D eigenvalue weighted by Gasteiger charge is 2.32. The molecule has 1 fully saturated rings. The quantitative estimate of drug-likeness (QED) is 0.406. The van der Waals surface area contributed by atoms with Crippen LogP contribution >= 0.6 is 0 Å². The summed E-state index contributed by atoms with van der Waals surface area (Å²) < 4.78 is 0. The van der Waals surface area contributed by atoms with Crippen LogP contribution in [0.5, 0.6) is 0 Å². The van der Waals surface area contributed by atoms with E-state index in [2.05, 4.69) is 6.92 Å². The molecule has 0 radical (unpaired) electrons. The summed E-state index contributed by atoms with van der Waals surface area (Å²) in [6.07, 6.45) is 2.10. The van der Waals surface area contributed by atoms with Crippen molar-refractivity contribution in [3.05, 3.63) is 0 Å². The van der Waals surface area contributed by atoms with Gasteiger partial charge in [-0.05, 0) is 18.3 Å². The Morgan fingerprint density at radius 3 is 2.50 bits per heavy atom. The third-order valence-electron chi connectivity index (χ3n) is 1.76. The first-order chi connectivity index (χ1) is 3.70. The number of rotatable bonds is 2. The fourth-order valence-electron chi connectivity index (χ4n) is 0.966. The van der Waals surface area contributed by atoms with E-state index in [-0.39, 0.29) is 0 Å². The van der Waals surface area contributed by atoms with E-state index < -0.39 is 0 Å². The van der Waals surface area contributed by atoms with Gasteiger partial charge in [0, 0.05) is 6.42 Å². The van der Waals surface area contributed by atoms with Gasteiger partial charge in [-0.2, -0.15) is 0 Å². The molecule has 2 atom stereocenters. The lowest BCUT2D eigenvalue weighted by molar-refractivity contribution is 0.780. The normalized spacial score (nSPS) is 34.6. The standard InChI is InChI=1S/C6H12N2/c1-4-2-5(4)3-6(7)8/h4-5H,2-3H2,1H3,(H3,7,8). The van der Waals surface area contributed by atoms with E-state index >= 15 is 0 Å².